The normalized spacial score (nSPS) is 10.5. The summed E-state index contributed by atoms with van der Waals surface area (Å²) in [5.41, 5.74) is 1.85. The van der Waals surface area contributed by atoms with E-state index in [0.29, 0.717) is 0 Å². The van der Waals surface area contributed by atoms with E-state index in [1.54, 1.807) is 12.1 Å². The Balaban J connectivity index is 0.00000162. The zero-order valence-electron chi connectivity index (χ0n) is 10.9. The number of rotatable bonds is 3. The van der Waals surface area contributed by atoms with E-state index in [-0.39, 0.29) is 36.7 Å². The molecule has 0 spiro atoms. The molecule has 0 bridgehead atoms. The van der Waals surface area contributed by atoms with E-state index >= 15 is 0 Å². The summed E-state index contributed by atoms with van der Waals surface area (Å²) >= 11 is 0. The van der Waals surface area contributed by atoms with Crippen LogP contribution in [0.3, 0.4) is 0 Å². The third-order valence-electron chi connectivity index (χ3n) is 2.15. The Kier molecular flexibility index (Phi) is 5.37. The largest absolute Gasteiger partial charge is 1.00 e. The Morgan fingerprint density at radius 2 is 1.56 bits per heavy atom. The van der Waals surface area contributed by atoms with Gasteiger partial charge in [0, 0.05) is 0 Å². The first-order valence-corrected chi connectivity index (χ1v) is 6.39. The van der Waals surface area contributed by atoms with Crippen molar-refractivity contribution in [1.29, 1.82) is 0 Å². The van der Waals surface area contributed by atoms with Gasteiger partial charge < -0.3 is 5.61 Å². The molecule has 2 rings (SSSR count). The van der Waals surface area contributed by atoms with Gasteiger partial charge in [0.05, 0.1) is 0 Å². The van der Waals surface area contributed by atoms with Crippen LogP contribution in [0.15, 0.2) is 54.6 Å². The van der Waals surface area contributed by atoms with E-state index in [1.807, 2.05) is 36.4 Å². The minimum Gasteiger partial charge on any atom is -1.00 e. The van der Waals surface area contributed by atoms with Gasteiger partial charge >= 0.3 is 39.9 Å². The van der Waals surface area contributed by atoms with Gasteiger partial charge in [-0.2, -0.15) is 13.6 Å². The minimum absolute atomic E-state index is 0. The molecule has 0 amide bonds. The second-order valence-electron chi connectivity index (χ2n) is 3.47. The van der Waals surface area contributed by atoms with Crippen molar-refractivity contribution in [2.75, 3.05) is 0 Å². The molecule has 0 saturated carbocycles. The van der Waals surface area contributed by atoms with Gasteiger partial charge in [0.15, 0.2) is 0 Å². The summed E-state index contributed by atoms with van der Waals surface area (Å²) in [7, 11) is -3.98. The monoisotopic (exact) mass is 273 g/mol. The maximum atomic E-state index is 10.8. The van der Waals surface area contributed by atoms with Gasteiger partial charge in [-0.1, -0.05) is 42.5 Å². The van der Waals surface area contributed by atoms with Gasteiger partial charge in [0.2, 0.25) is 0 Å². The van der Waals surface area contributed by atoms with Crippen molar-refractivity contribution in [3.05, 3.63) is 54.6 Å². The number of hydrogen-bond donors (Lipinski definition) is 1. The van der Waals surface area contributed by atoms with Crippen LogP contribution in [0.2, 0.25) is 0 Å². The van der Waals surface area contributed by atoms with Gasteiger partial charge in [-0.05, 0) is 23.3 Å². The van der Waals surface area contributed by atoms with Crippen molar-refractivity contribution in [3.63, 3.8) is 0 Å². The van der Waals surface area contributed by atoms with E-state index in [2.05, 4.69) is 4.18 Å². The quantitative estimate of drug-likeness (QED) is 0.733. The Hall–Kier alpha value is -0.850. The van der Waals surface area contributed by atoms with Crippen molar-refractivity contribution in [2.24, 2.45) is 5.14 Å². The summed E-state index contributed by atoms with van der Waals surface area (Å²) in [5.74, 6) is 0.203. The number of hydrogen-bond acceptors (Lipinski definition) is 3. The molecule has 18 heavy (non-hydrogen) atoms. The molecular weight excluding hydrogens is 261 g/mol. The van der Waals surface area contributed by atoms with E-state index < -0.39 is 10.3 Å². The molecule has 2 aromatic rings. The second-order valence-corrected chi connectivity index (χ2v) is 4.62. The molecule has 0 heterocycles. The summed E-state index contributed by atoms with van der Waals surface area (Å²) in [4.78, 5) is 0. The number of benzene rings is 2. The Labute approximate surface area is 130 Å². The van der Waals surface area contributed by atoms with E-state index in [9.17, 15) is 8.42 Å². The Morgan fingerprint density at radius 1 is 0.944 bits per heavy atom. The van der Waals surface area contributed by atoms with Crippen molar-refractivity contribution >= 4 is 10.3 Å². The molecule has 6 heteroatoms. The SMILES string of the molecule is NS(=O)(=O)Oc1cccc(-c2ccccc2)c1.[H-].[Na+]. The molecule has 0 fully saturated rings. The average molecular weight is 273 g/mol. The first-order chi connectivity index (χ1) is 8.04. The van der Waals surface area contributed by atoms with Gasteiger partial charge in [-0.25, -0.2) is 0 Å². The molecule has 0 unspecified atom stereocenters. The maximum Gasteiger partial charge on any atom is 1.00 e. The molecule has 90 valence electrons. The molecule has 0 saturated heterocycles. The summed E-state index contributed by atoms with van der Waals surface area (Å²) in [6, 6.07) is 16.3. The Morgan fingerprint density at radius 3 is 2.17 bits per heavy atom. The first kappa shape index (κ1) is 15.2. The zero-order chi connectivity index (χ0) is 12.3. The summed E-state index contributed by atoms with van der Waals surface area (Å²) in [6.07, 6.45) is 0. The molecule has 0 radical (unpaired) electrons. The van der Waals surface area contributed by atoms with Crippen molar-refractivity contribution in [3.8, 4) is 16.9 Å². The first-order valence-electron chi connectivity index (χ1n) is 4.92. The second kappa shape index (κ2) is 6.36. The van der Waals surface area contributed by atoms with Crippen LogP contribution in [0, 0.1) is 0 Å². The molecule has 0 aliphatic carbocycles. The Bertz CT molecular complexity index is 620. The van der Waals surface area contributed by atoms with E-state index in [0.717, 1.165) is 11.1 Å². The topological polar surface area (TPSA) is 69.4 Å². The van der Waals surface area contributed by atoms with E-state index in [1.165, 1.54) is 6.07 Å². The van der Waals surface area contributed by atoms with Gasteiger partial charge in [-0.15, -0.1) is 0 Å². The predicted molar refractivity (Wildman–Crippen MR) is 66.7 cm³/mol. The molecule has 2 N–H and O–H groups in total. The maximum absolute atomic E-state index is 10.8. The van der Waals surface area contributed by atoms with Crippen LogP contribution in [0.4, 0.5) is 0 Å². The fourth-order valence-corrected chi connectivity index (χ4v) is 1.86. The van der Waals surface area contributed by atoms with Crippen LogP contribution in [0.25, 0.3) is 11.1 Å². The predicted octanol–water partition coefficient (Wildman–Crippen LogP) is -0.948. The van der Waals surface area contributed by atoms with Crippen LogP contribution >= 0.6 is 0 Å². The van der Waals surface area contributed by atoms with Crippen LogP contribution in [-0.2, 0) is 10.3 Å². The fourth-order valence-electron chi connectivity index (χ4n) is 1.49. The van der Waals surface area contributed by atoms with Gasteiger partial charge in [0.1, 0.15) is 5.75 Å². The molecule has 0 aliphatic heterocycles. The molecule has 0 aromatic heterocycles. The molecule has 4 nitrogen and oxygen atoms in total. The number of nitrogens with two attached hydrogens (primary N) is 1. The van der Waals surface area contributed by atoms with Crippen molar-refractivity contribution in [2.45, 2.75) is 0 Å². The summed E-state index contributed by atoms with van der Waals surface area (Å²) in [6.45, 7) is 0. The van der Waals surface area contributed by atoms with Gasteiger partial charge in [-0.3, -0.25) is 0 Å². The average Bonchev–Trinajstić information content (AvgIpc) is 2.28. The summed E-state index contributed by atoms with van der Waals surface area (Å²) in [5, 5.41) is 4.81. The zero-order valence-corrected chi connectivity index (χ0v) is 12.7. The fraction of sp³-hybridized carbons (Fsp3) is 0. The summed E-state index contributed by atoms with van der Waals surface area (Å²) < 4.78 is 26.2. The van der Waals surface area contributed by atoms with Crippen molar-refractivity contribution in [1.82, 2.24) is 0 Å². The molecular formula is C12H12NNaO3S. The van der Waals surface area contributed by atoms with Crippen LogP contribution in [-0.4, -0.2) is 8.42 Å². The van der Waals surface area contributed by atoms with Crippen LogP contribution in [0.5, 0.6) is 5.75 Å². The smallest absolute Gasteiger partial charge is 1.00 e. The third-order valence-corrected chi connectivity index (χ3v) is 2.58. The van der Waals surface area contributed by atoms with Crippen LogP contribution < -0.4 is 38.9 Å². The molecule has 0 atom stereocenters. The molecule has 0 aliphatic rings. The minimum atomic E-state index is -3.98. The molecule has 2 aromatic carbocycles. The van der Waals surface area contributed by atoms with Gasteiger partial charge in [0.25, 0.3) is 0 Å². The third kappa shape index (κ3) is 4.44. The van der Waals surface area contributed by atoms with Crippen molar-refractivity contribution < 1.29 is 43.6 Å². The standard InChI is InChI=1S/C12H11NO3S.Na.H/c13-17(14,15)16-12-8-4-7-11(9-12)10-5-2-1-3-6-10;;/h1-9H,(H2,13,14,15);;/q;+1;-1. The van der Waals surface area contributed by atoms with E-state index in [4.69, 9.17) is 5.14 Å². The van der Waals surface area contributed by atoms with Crippen LogP contribution in [0.1, 0.15) is 1.43 Å².